The molecule has 1 aliphatic rings. The average molecular weight is 425 g/mol. The Bertz CT molecular complexity index is 817. The fourth-order valence-corrected chi connectivity index (χ4v) is 3.22. The highest BCUT2D eigenvalue weighted by Crippen LogP contribution is 2.18. The number of aldehydes is 1. The van der Waals surface area contributed by atoms with Gasteiger partial charge in [-0.15, -0.1) is 0 Å². The summed E-state index contributed by atoms with van der Waals surface area (Å²) in [6.07, 6.45) is 0.670. The minimum absolute atomic E-state index is 0.214. The number of benzene rings is 1. The molecule has 0 aliphatic carbocycles. The SMILES string of the molecule is NN(CC(=O)N1CCCC1C(=O)NC(C=O)CC(=O)O)C(=O)c1cccc(Cl)c1. The standard InChI is InChI=1S/C18H21ClN4O6/c19-12-4-1-3-11(7-12)18(29)23(20)9-15(25)22-6-2-5-14(22)17(28)21-13(10-24)8-16(26)27/h1,3-4,7,10,13-14H,2,5-6,8-9,20H2,(H,21,28)(H,26,27). The molecule has 1 aliphatic heterocycles. The molecule has 1 aromatic rings. The van der Waals surface area contributed by atoms with E-state index in [4.69, 9.17) is 22.6 Å². The van der Waals surface area contributed by atoms with E-state index in [2.05, 4.69) is 5.32 Å². The number of hydrogen-bond donors (Lipinski definition) is 3. The molecule has 4 N–H and O–H groups in total. The van der Waals surface area contributed by atoms with Crippen LogP contribution in [0.15, 0.2) is 24.3 Å². The molecule has 0 radical (unpaired) electrons. The summed E-state index contributed by atoms with van der Waals surface area (Å²) >= 11 is 5.85. The van der Waals surface area contributed by atoms with E-state index in [9.17, 15) is 24.0 Å². The normalized spacial score (nSPS) is 16.8. The van der Waals surface area contributed by atoms with E-state index in [0.29, 0.717) is 24.2 Å². The third kappa shape index (κ3) is 6.00. The summed E-state index contributed by atoms with van der Waals surface area (Å²) < 4.78 is 0. The zero-order valence-corrected chi connectivity index (χ0v) is 16.2. The van der Waals surface area contributed by atoms with Crippen LogP contribution in [0.3, 0.4) is 0 Å². The lowest BCUT2D eigenvalue weighted by Crippen LogP contribution is -2.53. The number of carbonyl (C=O) groups is 5. The van der Waals surface area contributed by atoms with Crippen molar-refractivity contribution in [3.8, 4) is 0 Å². The van der Waals surface area contributed by atoms with Crippen molar-refractivity contribution >= 4 is 41.6 Å². The van der Waals surface area contributed by atoms with Gasteiger partial charge in [-0.25, -0.2) is 5.84 Å². The highest BCUT2D eigenvalue weighted by atomic mass is 35.5. The number of nitrogens with zero attached hydrogens (tertiary/aromatic N) is 2. The molecule has 10 nitrogen and oxygen atoms in total. The van der Waals surface area contributed by atoms with E-state index in [1.165, 1.54) is 17.0 Å². The molecule has 11 heteroatoms. The quantitative estimate of drug-likeness (QED) is 0.226. The maximum absolute atomic E-state index is 12.6. The van der Waals surface area contributed by atoms with Crippen LogP contribution in [0.2, 0.25) is 5.02 Å². The second-order valence-electron chi connectivity index (χ2n) is 6.54. The first kappa shape index (κ1) is 22.3. The summed E-state index contributed by atoms with van der Waals surface area (Å²) in [7, 11) is 0. The first-order valence-electron chi connectivity index (χ1n) is 8.82. The molecule has 156 valence electrons. The number of carboxylic acids is 1. The second kappa shape index (κ2) is 9.99. The van der Waals surface area contributed by atoms with E-state index < -0.39 is 48.7 Å². The van der Waals surface area contributed by atoms with Crippen LogP contribution in [0.5, 0.6) is 0 Å². The monoisotopic (exact) mass is 424 g/mol. The van der Waals surface area contributed by atoms with Crippen LogP contribution in [0.1, 0.15) is 29.6 Å². The molecule has 1 saturated heterocycles. The number of amides is 3. The lowest BCUT2D eigenvalue weighted by Gasteiger charge is -2.27. The van der Waals surface area contributed by atoms with Crippen LogP contribution >= 0.6 is 11.6 Å². The van der Waals surface area contributed by atoms with Gasteiger partial charge in [0.15, 0.2) is 0 Å². The second-order valence-corrected chi connectivity index (χ2v) is 6.97. The number of carboxylic acid groups (broad SMARTS) is 1. The topological polar surface area (TPSA) is 150 Å². The van der Waals surface area contributed by atoms with Crippen molar-refractivity contribution in [2.45, 2.75) is 31.3 Å². The maximum Gasteiger partial charge on any atom is 0.305 e. The Kier molecular flexibility index (Phi) is 7.68. The number of carbonyl (C=O) groups excluding carboxylic acids is 4. The maximum atomic E-state index is 12.6. The third-order valence-electron chi connectivity index (χ3n) is 4.40. The highest BCUT2D eigenvalue weighted by molar-refractivity contribution is 6.31. The van der Waals surface area contributed by atoms with Gasteiger partial charge in [-0.3, -0.25) is 24.2 Å². The Labute approximate surface area is 171 Å². The van der Waals surface area contributed by atoms with Crippen LogP contribution in [0, 0.1) is 0 Å². The molecular formula is C18H21ClN4O6. The van der Waals surface area contributed by atoms with E-state index in [1.807, 2.05) is 0 Å². The number of likely N-dealkylation sites (tertiary alicyclic amines) is 1. The summed E-state index contributed by atoms with van der Waals surface area (Å²) in [4.78, 5) is 60.3. The average Bonchev–Trinajstić information content (AvgIpc) is 3.16. The van der Waals surface area contributed by atoms with Gasteiger partial charge < -0.3 is 20.1 Å². The summed E-state index contributed by atoms with van der Waals surface area (Å²) in [5.74, 6) is 2.72. The Morgan fingerprint density at radius 2 is 2.10 bits per heavy atom. The lowest BCUT2D eigenvalue weighted by atomic mass is 10.1. The number of rotatable bonds is 8. The van der Waals surface area contributed by atoms with E-state index in [0.717, 1.165) is 5.01 Å². The van der Waals surface area contributed by atoms with Crippen LogP contribution in [-0.2, 0) is 19.2 Å². The van der Waals surface area contributed by atoms with Gasteiger partial charge in [0.25, 0.3) is 5.91 Å². The molecule has 2 rings (SSSR count). The molecule has 0 saturated carbocycles. The van der Waals surface area contributed by atoms with Gasteiger partial charge in [0, 0.05) is 17.1 Å². The molecule has 1 aromatic carbocycles. The number of nitrogens with one attached hydrogen (secondary N) is 1. The molecule has 2 atom stereocenters. The van der Waals surface area contributed by atoms with Gasteiger partial charge in [-0.1, -0.05) is 17.7 Å². The van der Waals surface area contributed by atoms with Crippen LogP contribution in [0.4, 0.5) is 0 Å². The minimum Gasteiger partial charge on any atom is -0.481 e. The number of halogens is 1. The van der Waals surface area contributed by atoms with E-state index in [-0.39, 0.29) is 12.1 Å². The summed E-state index contributed by atoms with van der Waals surface area (Å²) in [6.45, 7) is -0.178. The minimum atomic E-state index is -1.24. The highest BCUT2D eigenvalue weighted by Gasteiger charge is 2.35. The summed E-state index contributed by atoms with van der Waals surface area (Å²) in [6, 6.07) is 4.04. The van der Waals surface area contributed by atoms with Gasteiger partial charge in [0.05, 0.1) is 12.5 Å². The van der Waals surface area contributed by atoms with Crippen molar-refractivity contribution in [2.24, 2.45) is 5.84 Å². The zero-order chi connectivity index (χ0) is 21.6. The first-order chi connectivity index (χ1) is 13.7. The number of hydrogen-bond acceptors (Lipinski definition) is 6. The largest absolute Gasteiger partial charge is 0.481 e. The predicted octanol–water partition coefficient (Wildman–Crippen LogP) is -0.195. The Hall–Kier alpha value is -2.98. The van der Waals surface area contributed by atoms with Gasteiger partial charge in [0.1, 0.15) is 18.9 Å². The van der Waals surface area contributed by atoms with Crippen molar-refractivity contribution in [1.82, 2.24) is 15.2 Å². The van der Waals surface area contributed by atoms with Crippen molar-refractivity contribution in [3.05, 3.63) is 34.9 Å². The van der Waals surface area contributed by atoms with Gasteiger partial charge in [-0.05, 0) is 31.0 Å². The van der Waals surface area contributed by atoms with Crippen LogP contribution < -0.4 is 11.2 Å². The first-order valence-corrected chi connectivity index (χ1v) is 9.19. The van der Waals surface area contributed by atoms with E-state index >= 15 is 0 Å². The smallest absolute Gasteiger partial charge is 0.305 e. The summed E-state index contributed by atoms with van der Waals surface area (Å²) in [5.41, 5.74) is 0.214. The van der Waals surface area contributed by atoms with E-state index in [1.54, 1.807) is 12.1 Å². The molecule has 0 spiro atoms. The Morgan fingerprint density at radius 3 is 2.72 bits per heavy atom. The Balaban J connectivity index is 2.00. The molecule has 0 aromatic heterocycles. The van der Waals surface area contributed by atoms with Gasteiger partial charge >= 0.3 is 5.97 Å². The van der Waals surface area contributed by atoms with Crippen molar-refractivity contribution < 1.29 is 29.1 Å². The molecule has 29 heavy (non-hydrogen) atoms. The number of hydrazine groups is 1. The molecular weight excluding hydrogens is 404 g/mol. The number of nitrogens with two attached hydrogens (primary N) is 1. The Morgan fingerprint density at radius 1 is 1.38 bits per heavy atom. The molecule has 1 heterocycles. The van der Waals surface area contributed by atoms with Crippen molar-refractivity contribution in [3.63, 3.8) is 0 Å². The van der Waals surface area contributed by atoms with Gasteiger partial charge in [-0.2, -0.15) is 0 Å². The third-order valence-corrected chi connectivity index (χ3v) is 4.64. The summed E-state index contributed by atoms with van der Waals surface area (Å²) in [5, 5.41) is 12.2. The number of aliphatic carboxylic acids is 1. The molecule has 3 amide bonds. The predicted molar refractivity (Wildman–Crippen MR) is 102 cm³/mol. The molecule has 2 unspecified atom stereocenters. The fraction of sp³-hybridized carbons (Fsp3) is 0.389. The van der Waals surface area contributed by atoms with Gasteiger partial charge in [0.2, 0.25) is 11.8 Å². The van der Waals surface area contributed by atoms with Crippen LogP contribution in [-0.4, -0.2) is 70.2 Å². The molecule has 0 bridgehead atoms. The fourth-order valence-electron chi connectivity index (χ4n) is 3.03. The zero-order valence-electron chi connectivity index (χ0n) is 15.4. The molecule has 1 fully saturated rings. The lowest BCUT2D eigenvalue weighted by molar-refractivity contribution is -0.141. The van der Waals surface area contributed by atoms with Crippen molar-refractivity contribution in [1.29, 1.82) is 0 Å². The van der Waals surface area contributed by atoms with Crippen LogP contribution in [0.25, 0.3) is 0 Å². The van der Waals surface area contributed by atoms with Crippen molar-refractivity contribution in [2.75, 3.05) is 13.1 Å².